The van der Waals surface area contributed by atoms with E-state index < -0.39 is 0 Å². The van der Waals surface area contributed by atoms with Crippen molar-refractivity contribution >= 4 is 11.3 Å². The Morgan fingerprint density at radius 1 is 1.67 bits per heavy atom. The van der Waals surface area contributed by atoms with Gasteiger partial charge < -0.3 is 17.5 Å². The number of hydrogen-bond acceptors (Lipinski definition) is 2. The third-order valence-corrected chi connectivity index (χ3v) is 1.76. The molecule has 1 rings (SSSR count). The Bertz CT molecular complexity index is 143. The fourth-order valence-corrected chi connectivity index (χ4v) is 1.14. The molecule has 9 heavy (non-hydrogen) atoms. The molecule has 1 heterocycles. The Balaban J connectivity index is 0.000000640. The van der Waals surface area contributed by atoms with E-state index in [0.717, 1.165) is 6.42 Å². The lowest BCUT2D eigenvalue weighted by Gasteiger charge is -1.81. The molecule has 0 fully saturated rings. The van der Waals surface area contributed by atoms with Crippen LogP contribution in [0.5, 0.6) is 0 Å². The highest BCUT2D eigenvalue weighted by atomic mass is 35.5. The summed E-state index contributed by atoms with van der Waals surface area (Å²) in [7, 11) is 0. The predicted molar refractivity (Wildman–Crippen MR) is 31.7 cm³/mol. The summed E-state index contributed by atoms with van der Waals surface area (Å²) in [5.74, 6) is 0. The van der Waals surface area contributed by atoms with E-state index in [4.69, 9.17) is 5.11 Å². The fraction of sp³-hybridized carbons (Fsp3) is 0.400. The standard InChI is InChI=1S/C5H7NOS.ClH/c7-2-1-5-3-6-4-8-5;/h3-4,7H,1-2H2;1H. The molecule has 2 N–H and O–H groups in total. The second-order valence-electron chi connectivity index (χ2n) is 1.49. The molecule has 0 aliphatic rings. The minimum absolute atomic E-state index is 0. The van der Waals surface area contributed by atoms with Crippen molar-refractivity contribution in [1.82, 2.24) is 0 Å². The average Bonchev–Trinajstić information content (AvgIpc) is 2.19. The lowest BCUT2D eigenvalue weighted by Crippen LogP contribution is -3.00. The molecule has 1 aromatic rings. The number of aliphatic hydroxyl groups excluding tert-OH is 1. The molecule has 4 heteroatoms. The van der Waals surface area contributed by atoms with E-state index in [9.17, 15) is 0 Å². The number of halogens is 1. The molecule has 0 unspecified atom stereocenters. The molecular formula is C5H8ClNOS. The van der Waals surface area contributed by atoms with Crippen LogP contribution in [0.2, 0.25) is 0 Å². The third kappa shape index (κ3) is 2.79. The van der Waals surface area contributed by atoms with Crippen LogP contribution in [0.15, 0.2) is 11.7 Å². The van der Waals surface area contributed by atoms with Gasteiger partial charge in [-0.3, -0.25) is 0 Å². The number of thiazole rings is 1. The Kier molecular flexibility index (Phi) is 4.67. The van der Waals surface area contributed by atoms with Crippen molar-refractivity contribution in [2.75, 3.05) is 6.61 Å². The molecule has 0 amide bonds. The molecule has 52 valence electrons. The van der Waals surface area contributed by atoms with Gasteiger partial charge in [-0.2, -0.15) is 0 Å². The number of H-pyrrole nitrogens is 1. The first-order valence-electron chi connectivity index (χ1n) is 2.48. The van der Waals surface area contributed by atoms with Crippen LogP contribution >= 0.6 is 11.3 Å². The molecule has 0 spiro atoms. The molecule has 1 aromatic heterocycles. The van der Waals surface area contributed by atoms with Gasteiger partial charge in [0, 0.05) is 13.0 Å². The number of nitrogens with one attached hydrogen (secondary N) is 1. The van der Waals surface area contributed by atoms with Gasteiger partial charge >= 0.3 is 0 Å². The van der Waals surface area contributed by atoms with Crippen LogP contribution in [0.25, 0.3) is 0 Å². The monoisotopic (exact) mass is 165 g/mol. The fourth-order valence-electron chi connectivity index (χ4n) is 0.512. The van der Waals surface area contributed by atoms with Gasteiger partial charge in [-0.05, 0) is 0 Å². The maximum absolute atomic E-state index is 8.43. The van der Waals surface area contributed by atoms with Crippen molar-refractivity contribution < 1.29 is 22.5 Å². The Labute approximate surface area is 64.0 Å². The van der Waals surface area contributed by atoms with Crippen molar-refractivity contribution in [2.45, 2.75) is 6.42 Å². The minimum Gasteiger partial charge on any atom is -1.00 e. The van der Waals surface area contributed by atoms with Gasteiger partial charge in [0.05, 0.1) is 4.88 Å². The average molecular weight is 166 g/mol. The summed E-state index contributed by atoms with van der Waals surface area (Å²) in [6, 6.07) is 0. The quantitative estimate of drug-likeness (QED) is 0.502. The second kappa shape index (κ2) is 4.73. The van der Waals surface area contributed by atoms with E-state index in [2.05, 4.69) is 4.98 Å². The normalized spacial score (nSPS) is 8.56. The summed E-state index contributed by atoms with van der Waals surface area (Å²) in [5.41, 5.74) is 1.89. The predicted octanol–water partition coefficient (Wildman–Crippen LogP) is -2.90. The Morgan fingerprint density at radius 2 is 2.44 bits per heavy atom. The second-order valence-corrected chi connectivity index (χ2v) is 2.48. The van der Waals surface area contributed by atoms with Crippen LogP contribution in [-0.2, 0) is 6.42 Å². The Morgan fingerprint density at radius 3 is 2.89 bits per heavy atom. The summed E-state index contributed by atoms with van der Waals surface area (Å²) in [6.07, 6.45) is 2.68. The molecule has 0 aromatic carbocycles. The summed E-state index contributed by atoms with van der Waals surface area (Å²) < 4.78 is 0. The summed E-state index contributed by atoms with van der Waals surface area (Å²) >= 11 is 1.63. The van der Waals surface area contributed by atoms with Crippen molar-refractivity contribution in [2.24, 2.45) is 0 Å². The maximum atomic E-state index is 8.43. The van der Waals surface area contributed by atoms with E-state index in [0.29, 0.717) is 0 Å². The zero-order valence-corrected chi connectivity index (χ0v) is 6.37. The highest BCUT2D eigenvalue weighted by Crippen LogP contribution is 2.01. The zero-order valence-electron chi connectivity index (χ0n) is 4.80. The number of aromatic amines is 1. The maximum Gasteiger partial charge on any atom is 0.223 e. The first-order valence-corrected chi connectivity index (χ1v) is 3.36. The van der Waals surface area contributed by atoms with E-state index in [-0.39, 0.29) is 19.0 Å². The number of hydrogen-bond donors (Lipinski definition) is 1. The lowest BCUT2D eigenvalue weighted by atomic mass is 10.4. The van der Waals surface area contributed by atoms with E-state index >= 15 is 0 Å². The van der Waals surface area contributed by atoms with Crippen molar-refractivity contribution in [1.29, 1.82) is 0 Å². The summed E-state index contributed by atoms with van der Waals surface area (Å²) in [6.45, 7) is 0.244. The molecule has 0 radical (unpaired) electrons. The molecule has 0 atom stereocenters. The van der Waals surface area contributed by atoms with Crippen LogP contribution in [0.3, 0.4) is 0 Å². The zero-order chi connectivity index (χ0) is 5.82. The van der Waals surface area contributed by atoms with Gasteiger partial charge in [0.25, 0.3) is 0 Å². The molecule has 0 bridgehead atoms. The van der Waals surface area contributed by atoms with Gasteiger partial charge in [-0.25, -0.2) is 4.98 Å². The number of rotatable bonds is 2. The van der Waals surface area contributed by atoms with Crippen LogP contribution in [0.1, 0.15) is 4.88 Å². The molecule has 0 saturated carbocycles. The number of aromatic nitrogens is 1. The molecule has 0 aliphatic carbocycles. The molecule has 0 saturated heterocycles. The van der Waals surface area contributed by atoms with Crippen LogP contribution < -0.4 is 17.4 Å². The number of aliphatic hydroxyl groups is 1. The van der Waals surface area contributed by atoms with Gasteiger partial charge in [-0.1, -0.05) is 11.3 Å². The smallest absolute Gasteiger partial charge is 0.223 e. The van der Waals surface area contributed by atoms with Gasteiger partial charge in [0.2, 0.25) is 5.51 Å². The van der Waals surface area contributed by atoms with Crippen LogP contribution in [0, 0.1) is 0 Å². The van der Waals surface area contributed by atoms with Crippen LogP contribution in [0.4, 0.5) is 0 Å². The van der Waals surface area contributed by atoms with Gasteiger partial charge in [-0.15, -0.1) is 0 Å². The SMILES string of the molecule is OCCc1c[nH+]cs1.[Cl-]. The molecular weight excluding hydrogens is 158 g/mol. The highest BCUT2D eigenvalue weighted by molar-refractivity contribution is 7.09. The molecule has 2 nitrogen and oxygen atoms in total. The van der Waals surface area contributed by atoms with E-state index in [1.54, 1.807) is 11.3 Å². The Hall–Kier alpha value is -0.120. The van der Waals surface area contributed by atoms with E-state index in [1.165, 1.54) is 4.88 Å². The highest BCUT2D eigenvalue weighted by Gasteiger charge is 1.94. The van der Waals surface area contributed by atoms with Crippen molar-refractivity contribution in [3.8, 4) is 0 Å². The largest absolute Gasteiger partial charge is 1.00 e. The van der Waals surface area contributed by atoms with Crippen LogP contribution in [-0.4, -0.2) is 11.7 Å². The van der Waals surface area contributed by atoms with Crippen molar-refractivity contribution in [3.05, 3.63) is 16.6 Å². The lowest BCUT2D eigenvalue weighted by molar-refractivity contribution is -0.371. The first kappa shape index (κ1) is 8.88. The summed E-state index contributed by atoms with van der Waals surface area (Å²) in [4.78, 5) is 4.12. The van der Waals surface area contributed by atoms with E-state index in [1.807, 2.05) is 11.7 Å². The summed E-state index contributed by atoms with van der Waals surface area (Å²) in [5, 5.41) is 8.43. The topological polar surface area (TPSA) is 34.4 Å². The van der Waals surface area contributed by atoms with Gasteiger partial charge in [0.15, 0.2) is 6.20 Å². The first-order chi connectivity index (χ1) is 3.93. The van der Waals surface area contributed by atoms with Gasteiger partial charge in [0.1, 0.15) is 0 Å². The minimum atomic E-state index is 0. The van der Waals surface area contributed by atoms with Crippen molar-refractivity contribution in [3.63, 3.8) is 0 Å². The third-order valence-electron chi connectivity index (χ3n) is 0.881. The molecule has 0 aliphatic heterocycles.